The van der Waals surface area contributed by atoms with Crippen LogP contribution in [0.2, 0.25) is 0 Å². The van der Waals surface area contributed by atoms with Gasteiger partial charge in [0, 0.05) is 38.8 Å². The molecule has 20 heavy (non-hydrogen) atoms. The SMILES string of the molecule is COc1cccc(N(C)CC(=O)N(C)CCC(N)=S)c1. The first-order valence-corrected chi connectivity index (χ1v) is 6.72. The lowest BCUT2D eigenvalue weighted by Crippen LogP contribution is -2.38. The van der Waals surface area contributed by atoms with Crippen LogP contribution in [0, 0.1) is 0 Å². The van der Waals surface area contributed by atoms with Crippen LogP contribution in [0.4, 0.5) is 5.69 Å². The summed E-state index contributed by atoms with van der Waals surface area (Å²) in [6.07, 6.45) is 0.542. The van der Waals surface area contributed by atoms with E-state index in [2.05, 4.69) is 0 Å². The number of nitrogens with two attached hydrogens (primary N) is 1. The quantitative estimate of drug-likeness (QED) is 0.768. The van der Waals surface area contributed by atoms with Crippen LogP contribution in [0.3, 0.4) is 0 Å². The number of hydrogen-bond donors (Lipinski definition) is 1. The van der Waals surface area contributed by atoms with Crippen LogP contribution in [-0.2, 0) is 4.79 Å². The van der Waals surface area contributed by atoms with Crippen LogP contribution in [0.15, 0.2) is 24.3 Å². The van der Waals surface area contributed by atoms with E-state index in [-0.39, 0.29) is 5.91 Å². The number of carbonyl (C=O) groups is 1. The second-order valence-electron chi connectivity index (χ2n) is 4.59. The Morgan fingerprint density at radius 1 is 1.40 bits per heavy atom. The zero-order valence-corrected chi connectivity index (χ0v) is 12.9. The zero-order valence-electron chi connectivity index (χ0n) is 12.1. The van der Waals surface area contributed by atoms with Crippen LogP contribution in [0.5, 0.6) is 5.75 Å². The van der Waals surface area contributed by atoms with Crippen molar-refractivity contribution < 1.29 is 9.53 Å². The Hall–Kier alpha value is -1.82. The van der Waals surface area contributed by atoms with E-state index in [1.54, 1.807) is 19.1 Å². The maximum absolute atomic E-state index is 12.1. The largest absolute Gasteiger partial charge is 0.497 e. The van der Waals surface area contributed by atoms with Gasteiger partial charge in [0.2, 0.25) is 5.91 Å². The predicted molar refractivity (Wildman–Crippen MR) is 85.3 cm³/mol. The van der Waals surface area contributed by atoms with Gasteiger partial charge in [0.1, 0.15) is 5.75 Å². The number of carbonyl (C=O) groups excluding carboxylic acids is 1. The van der Waals surface area contributed by atoms with Crippen molar-refractivity contribution in [3.8, 4) is 5.75 Å². The van der Waals surface area contributed by atoms with Crippen molar-refractivity contribution in [2.45, 2.75) is 6.42 Å². The Balaban J connectivity index is 2.57. The van der Waals surface area contributed by atoms with Gasteiger partial charge in [0.05, 0.1) is 18.6 Å². The van der Waals surface area contributed by atoms with Crippen LogP contribution in [-0.4, -0.2) is 50.1 Å². The summed E-state index contributed by atoms with van der Waals surface area (Å²) in [7, 11) is 5.24. The summed E-state index contributed by atoms with van der Waals surface area (Å²) in [5.74, 6) is 0.787. The van der Waals surface area contributed by atoms with Crippen molar-refractivity contribution in [3.63, 3.8) is 0 Å². The van der Waals surface area contributed by atoms with E-state index in [1.807, 2.05) is 36.2 Å². The third-order valence-electron chi connectivity index (χ3n) is 2.99. The summed E-state index contributed by atoms with van der Waals surface area (Å²) in [6, 6.07) is 7.59. The molecule has 1 rings (SSSR count). The van der Waals surface area contributed by atoms with Crippen LogP contribution < -0.4 is 15.4 Å². The molecule has 0 atom stereocenters. The van der Waals surface area contributed by atoms with Gasteiger partial charge in [-0.3, -0.25) is 4.79 Å². The monoisotopic (exact) mass is 295 g/mol. The van der Waals surface area contributed by atoms with Crippen LogP contribution in [0.25, 0.3) is 0 Å². The molecule has 0 bridgehead atoms. The van der Waals surface area contributed by atoms with Crippen molar-refractivity contribution in [2.24, 2.45) is 5.73 Å². The number of nitrogens with zero attached hydrogens (tertiary/aromatic N) is 2. The maximum atomic E-state index is 12.1. The lowest BCUT2D eigenvalue weighted by Gasteiger charge is -2.23. The fourth-order valence-corrected chi connectivity index (χ4v) is 1.76. The molecule has 0 spiro atoms. The highest BCUT2D eigenvalue weighted by Gasteiger charge is 2.12. The summed E-state index contributed by atoms with van der Waals surface area (Å²) in [5, 5.41) is 0. The average molecular weight is 295 g/mol. The normalized spacial score (nSPS) is 9.95. The van der Waals surface area contributed by atoms with Crippen molar-refractivity contribution in [1.82, 2.24) is 4.90 Å². The van der Waals surface area contributed by atoms with Gasteiger partial charge in [-0.15, -0.1) is 0 Å². The molecule has 5 nitrogen and oxygen atoms in total. The number of thiocarbonyl (C=S) groups is 1. The fraction of sp³-hybridized carbons (Fsp3) is 0.429. The molecule has 110 valence electrons. The lowest BCUT2D eigenvalue weighted by molar-refractivity contribution is -0.128. The third kappa shape index (κ3) is 5.05. The number of hydrogen-bond acceptors (Lipinski definition) is 4. The van der Waals surface area contributed by atoms with Gasteiger partial charge in [-0.25, -0.2) is 0 Å². The van der Waals surface area contributed by atoms with Crippen molar-refractivity contribution in [3.05, 3.63) is 24.3 Å². The highest BCUT2D eigenvalue weighted by Crippen LogP contribution is 2.19. The van der Waals surface area contributed by atoms with Gasteiger partial charge in [-0.2, -0.15) is 0 Å². The standard InChI is InChI=1S/C14H21N3O2S/c1-16(8-7-13(15)20)14(18)10-17(2)11-5-4-6-12(9-11)19-3/h4-6,9H,7-8,10H2,1-3H3,(H2,15,20). The zero-order chi connectivity index (χ0) is 15.1. The molecule has 0 aliphatic carbocycles. The Morgan fingerprint density at radius 3 is 2.70 bits per heavy atom. The van der Waals surface area contributed by atoms with Gasteiger partial charge < -0.3 is 20.3 Å². The van der Waals surface area contributed by atoms with E-state index in [4.69, 9.17) is 22.7 Å². The number of ether oxygens (including phenoxy) is 1. The number of methoxy groups -OCH3 is 1. The molecular formula is C14H21N3O2S. The van der Waals surface area contributed by atoms with Gasteiger partial charge in [-0.1, -0.05) is 18.3 Å². The smallest absolute Gasteiger partial charge is 0.241 e. The average Bonchev–Trinajstić information content (AvgIpc) is 2.44. The van der Waals surface area contributed by atoms with E-state index in [0.717, 1.165) is 11.4 Å². The van der Waals surface area contributed by atoms with Crippen molar-refractivity contribution in [1.29, 1.82) is 0 Å². The molecular weight excluding hydrogens is 274 g/mol. The second kappa shape index (κ2) is 7.69. The fourth-order valence-electron chi connectivity index (χ4n) is 1.67. The predicted octanol–water partition coefficient (Wildman–Crippen LogP) is 1.27. The molecule has 2 N–H and O–H groups in total. The summed E-state index contributed by atoms with van der Waals surface area (Å²) in [6.45, 7) is 0.834. The molecule has 0 aliphatic heterocycles. The Bertz CT molecular complexity index is 479. The van der Waals surface area contributed by atoms with E-state index >= 15 is 0 Å². The van der Waals surface area contributed by atoms with Crippen LogP contribution >= 0.6 is 12.2 Å². The maximum Gasteiger partial charge on any atom is 0.241 e. The first-order valence-electron chi connectivity index (χ1n) is 6.31. The molecule has 1 aromatic rings. The highest BCUT2D eigenvalue weighted by molar-refractivity contribution is 7.80. The number of rotatable bonds is 7. The van der Waals surface area contributed by atoms with Crippen LogP contribution in [0.1, 0.15) is 6.42 Å². The molecule has 0 aliphatic rings. The Labute approximate surface area is 125 Å². The topological polar surface area (TPSA) is 58.8 Å². The van der Waals surface area contributed by atoms with Gasteiger partial charge in [0.25, 0.3) is 0 Å². The van der Waals surface area contributed by atoms with Gasteiger partial charge >= 0.3 is 0 Å². The summed E-state index contributed by atoms with van der Waals surface area (Å²) < 4.78 is 5.17. The molecule has 0 heterocycles. The lowest BCUT2D eigenvalue weighted by atomic mass is 10.2. The third-order valence-corrected chi connectivity index (χ3v) is 3.19. The molecule has 1 amide bonds. The number of benzene rings is 1. The first kappa shape index (κ1) is 16.2. The summed E-state index contributed by atoms with van der Waals surface area (Å²) in [5.41, 5.74) is 6.37. The molecule has 1 aromatic carbocycles. The number of amides is 1. The summed E-state index contributed by atoms with van der Waals surface area (Å²) >= 11 is 4.81. The molecule has 0 saturated carbocycles. The number of likely N-dealkylation sites (N-methyl/N-ethyl adjacent to an activating group) is 2. The molecule has 0 radical (unpaired) electrons. The molecule has 6 heteroatoms. The molecule has 0 fully saturated rings. The van der Waals surface area contributed by atoms with Gasteiger partial charge in [0.15, 0.2) is 0 Å². The summed E-state index contributed by atoms with van der Waals surface area (Å²) in [4.78, 5) is 16.0. The minimum Gasteiger partial charge on any atom is -0.497 e. The molecule has 0 aromatic heterocycles. The minimum absolute atomic E-state index is 0.0200. The van der Waals surface area contributed by atoms with E-state index in [1.165, 1.54) is 0 Å². The van der Waals surface area contributed by atoms with Crippen molar-refractivity contribution in [2.75, 3.05) is 39.2 Å². The highest BCUT2D eigenvalue weighted by atomic mass is 32.1. The second-order valence-corrected chi connectivity index (χ2v) is 5.11. The Kier molecular flexibility index (Phi) is 6.24. The Morgan fingerprint density at radius 2 is 2.10 bits per heavy atom. The van der Waals surface area contributed by atoms with E-state index in [0.29, 0.717) is 24.5 Å². The van der Waals surface area contributed by atoms with E-state index in [9.17, 15) is 4.79 Å². The molecule has 0 unspecified atom stereocenters. The van der Waals surface area contributed by atoms with E-state index < -0.39 is 0 Å². The van der Waals surface area contributed by atoms with Gasteiger partial charge in [-0.05, 0) is 12.1 Å². The number of anilines is 1. The van der Waals surface area contributed by atoms with Crippen molar-refractivity contribution >= 4 is 28.8 Å². The molecule has 0 saturated heterocycles. The minimum atomic E-state index is 0.0200. The first-order chi connectivity index (χ1) is 9.43.